The number of fused-ring (bicyclic) bond motifs is 1. The first-order chi connectivity index (χ1) is 6.61. The molecular weight excluding hydrogens is 200 g/mol. The summed E-state index contributed by atoms with van der Waals surface area (Å²) in [6.45, 7) is 3.73. The van der Waals surface area contributed by atoms with Crippen LogP contribution in [0.4, 0.5) is 0 Å². The van der Waals surface area contributed by atoms with Gasteiger partial charge >= 0.3 is 0 Å². The summed E-state index contributed by atoms with van der Waals surface area (Å²) in [4.78, 5) is 15.4. The third-order valence-electron chi connectivity index (χ3n) is 2.21. The van der Waals surface area contributed by atoms with Gasteiger partial charge in [0.1, 0.15) is 11.3 Å². The third-order valence-corrected chi connectivity index (χ3v) is 2.38. The molecular formula is C10H9ClN2O. The van der Waals surface area contributed by atoms with E-state index in [4.69, 9.17) is 11.6 Å². The number of carbonyl (C=O) groups excluding carboxylic acids is 1. The largest absolute Gasteiger partial charge is 0.296 e. The van der Waals surface area contributed by atoms with Crippen LogP contribution in [0.2, 0.25) is 0 Å². The summed E-state index contributed by atoms with van der Waals surface area (Å²) in [7, 11) is 0. The van der Waals surface area contributed by atoms with Crippen molar-refractivity contribution in [3.05, 3.63) is 35.3 Å². The monoisotopic (exact) mass is 208 g/mol. The van der Waals surface area contributed by atoms with Crippen molar-refractivity contribution >= 4 is 22.5 Å². The molecule has 0 saturated carbocycles. The molecule has 0 saturated heterocycles. The molecule has 14 heavy (non-hydrogen) atoms. The maximum atomic E-state index is 11.2. The van der Waals surface area contributed by atoms with Crippen molar-refractivity contribution in [2.24, 2.45) is 0 Å². The maximum absolute atomic E-state index is 11.2. The summed E-state index contributed by atoms with van der Waals surface area (Å²) in [5.74, 6) is 0. The van der Waals surface area contributed by atoms with Crippen molar-refractivity contribution in [1.29, 1.82) is 0 Å². The SMILES string of the molecule is Cc1nc2c(C)cccn2c1C(=O)Cl. The van der Waals surface area contributed by atoms with Gasteiger partial charge in [0.05, 0.1) is 5.69 Å². The van der Waals surface area contributed by atoms with Gasteiger partial charge in [-0.2, -0.15) is 0 Å². The zero-order chi connectivity index (χ0) is 10.3. The van der Waals surface area contributed by atoms with Crippen LogP contribution in [0, 0.1) is 13.8 Å². The van der Waals surface area contributed by atoms with Gasteiger partial charge in [0.15, 0.2) is 0 Å². The Morgan fingerprint density at radius 1 is 1.50 bits per heavy atom. The van der Waals surface area contributed by atoms with Gasteiger partial charge in [-0.1, -0.05) is 6.07 Å². The van der Waals surface area contributed by atoms with Gasteiger partial charge < -0.3 is 0 Å². The van der Waals surface area contributed by atoms with Crippen molar-refractivity contribution in [1.82, 2.24) is 9.38 Å². The molecule has 4 heteroatoms. The molecule has 0 atom stereocenters. The second-order valence-corrected chi connectivity index (χ2v) is 3.55. The van der Waals surface area contributed by atoms with Crippen LogP contribution >= 0.6 is 11.6 Å². The van der Waals surface area contributed by atoms with Crippen LogP contribution in [-0.2, 0) is 0 Å². The summed E-state index contributed by atoms with van der Waals surface area (Å²) < 4.78 is 1.72. The standard InChI is InChI=1S/C10H9ClN2O/c1-6-4-3-5-13-8(9(11)14)7(2)12-10(6)13/h3-5H,1-2H3. The fraction of sp³-hybridized carbons (Fsp3) is 0.200. The molecule has 0 aliphatic rings. The van der Waals surface area contributed by atoms with E-state index in [-0.39, 0.29) is 0 Å². The van der Waals surface area contributed by atoms with Crippen LogP contribution < -0.4 is 0 Å². The second kappa shape index (κ2) is 3.10. The number of halogens is 1. The molecule has 0 spiro atoms. The lowest BCUT2D eigenvalue weighted by Crippen LogP contribution is -1.98. The topological polar surface area (TPSA) is 34.4 Å². The zero-order valence-corrected chi connectivity index (χ0v) is 8.67. The molecule has 3 nitrogen and oxygen atoms in total. The summed E-state index contributed by atoms with van der Waals surface area (Å²) in [5, 5.41) is -0.472. The average molecular weight is 209 g/mol. The molecule has 0 bridgehead atoms. The second-order valence-electron chi connectivity index (χ2n) is 3.20. The highest BCUT2D eigenvalue weighted by molar-refractivity contribution is 6.67. The van der Waals surface area contributed by atoms with E-state index >= 15 is 0 Å². The van der Waals surface area contributed by atoms with Crippen molar-refractivity contribution in [2.75, 3.05) is 0 Å². The number of hydrogen-bond donors (Lipinski definition) is 0. The number of nitrogens with zero attached hydrogens (tertiary/aromatic N) is 2. The van der Waals surface area contributed by atoms with Crippen LogP contribution in [0.3, 0.4) is 0 Å². The van der Waals surface area contributed by atoms with Crippen molar-refractivity contribution in [3.63, 3.8) is 0 Å². The van der Waals surface area contributed by atoms with Gasteiger partial charge in [0.2, 0.25) is 0 Å². The number of aromatic nitrogens is 2. The van der Waals surface area contributed by atoms with E-state index in [0.29, 0.717) is 11.4 Å². The van der Waals surface area contributed by atoms with Gasteiger partial charge in [-0.3, -0.25) is 9.20 Å². The Morgan fingerprint density at radius 2 is 2.21 bits per heavy atom. The molecule has 2 heterocycles. The van der Waals surface area contributed by atoms with Gasteiger partial charge in [0.25, 0.3) is 5.24 Å². The normalized spacial score (nSPS) is 10.8. The van der Waals surface area contributed by atoms with Crippen LogP contribution in [0.25, 0.3) is 5.65 Å². The molecule has 0 aliphatic heterocycles. The van der Waals surface area contributed by atoms with E-state index in [9.17, 15) is 4.79 Å². The molecule has 0 unspecified atom stereocenters. The maximum Gasteiger partial charge on any atom is 0.271 e. The van der Waals surface area contributed by atoms with Crippen LogP contribution in [0.1, 0.15) is 21.7 Å². The lowest BCUT2D eigenvalue weighted by atomic mass is 10.3. The Hall–Kier alpha value is -1.35. The van der Waals surface area contributed by atoms with Crippen molar-refractivity contribution in [2.45, 2.75) is 13.8 Å². The van der Waals surface area contributed by atoms with Crippen molar-refractivity contribution in [3.8, 4) is 0 Å². The molecule has 0 N–H and O–H groups in total. The molecule has 0 amide bonds. The van der Waals surface area contributed by atoms with Gasteiger partial charge in [-0.15, -0.1) is 0 Å². The first kappa shape index (κ1) is 9.21. The Labute approximate surface area is 86.3 Å². The number of carbonyl (C=O) groups is 1. The first-order valence-corrected chi connectivity index (χ1v) is 4.63. The Bertz CT molecular complexity index is 516. The molecule has 0 aromatic carbocycles. The fourth-order valence-corrected chi connectivity index (χ4v) is 1.78. The number of imidazole rings is 1. The van der Waals surface area contributed by atoms with Crippen LogP contribution in [-0.4, -0.2) is 14.6 Å². The molecule has 0 aliphatic carbocycles. The summed E-state index contributed by atoms with van der Waals surface area (Å²) in [5.41, 5.74) is 2.93. The molecule has 0 fully saturated rings. The Morgan fingerprint density at radius 3 is 2.86 bits per heavy atom. The average Bonchev–Trinajstić information content (AvgIpc) is 2.42. The molecule has 2 aromatic heterocycles. The molecule has 0 radical (unpaired) electrons. The van der Waals surface area contributed by atoms with E-state index in [1.54, 1.807) is 17.5 Å². The fourth-order valence-electron chi connectivity index (χ4n) is 1.55. The number of aryl methyl sites for hydroxylation is 2. The lowest BCUT2D eigenvalue weighted by molar-refractivity contribution is 0.107. The van der Waals surface area contributed by atoms with Gasteiger partial charge in [-0.05, 0) is 37.1 Å². The Kier molecular flexibility index (Phi) is 2.04. The van der Waals surface area contributed by atoms with Crippen LogP contribution in [0.5, 0.6) is 0 Å². The quantitative estimate of drug-likeness (QED) is 0.675. The van der Waals surface area contributed by atoms with Crippen LogP contribution in [0.15, 0.2) is 18.3 Å². The minimum Gasteiger partial charge on any atom is -0.296 e. The predicted molar refractivity (Wildman–Crippen MR) is 54.8 cm³/mol. The van der Waals surface area contributed by atoms with Crippen molar-refractivity contribution < 1.29 is 4.79 Å². The van der Waals surface area contributed by atoms with E-state index in [1.807, 2.05) is 19.1 Å². The smallest absolute Gasteiger partial charge is 0.271 e. The highest BCUT2D eigenvalue weighted by Gasteiger charge is 2.14. The summed E-state index contributed by atoms with van der Waals surface area (Å²) in [6, 6.07) is 3.82. The molecule has 2 rings (SSSR count). The first-order valence-electron chi connectivity index (χ1n) is 4.25. The van der Waals surface area contributed by atoms with E-state index in [2.05, 4.69) is 4.98 Å². The minimum atomic E-state index is -0.472. The highest BCUT2D eigenvalue weighted by Crippen LogP contribution is 2.16. The third kappa shape index (κ3) is 1.21. The number of rotatable bonds is 1. The minimum absolute atomic E-state index is 0.449. The van der Waals surface area contributed by atoms with E-state index < -0.39 is 5.24 Å². The summed E-state index contributed by atoms with van der Waals surface area (Å²) >= 11 is 5.48. The molecule has 72 valence electrons. The Balaban J connectivity index is 2.90. The highest BCUT2D eigenvalue weighted by atomic mass is 35.5. The molecule has 2 aromatic rings. The van der Waals surface area contributed by atoms with E-state index in [0.717, 1.165) is 11.2 Å². The van der Waals surface area contributed by atoms with E-state index in [1.165, 1.54) is 0 Å². The lowest BCUT2D eigenvalue weighted by Gasteiger charge is -1.98. The predicted octanol–water partition coefficient (Wildman–Crippen LogP) is 2.33. The van der Waals surface area contributed by atoms with Gasteiger partial charge in [0, 0.05) is 6.20 Å². The number of pyridine rings is 1. The zero-order valence-electron chi connectivity index (χ0n) is 7.91. The number of hydrogen-bond acceptors (Lipinski definition) is 2. The summed E-state index contributed by atoms with van der Waals surface area (Å²) in [6.07, 6.45) is 1.79. The van der Waals surface area contributed by atoms with Gasteiger partial charge in [-0.25, -0.2) is 4.98 Å².